The average molecular weight is 918 g/mol. The van der Waals surface area contributed by atoms with E-state index in [1.54, 1.807) is 48.3 Å². The van der Waals surface area contributed by atoms with Gasteiger partial charge in [0.05, 0.1) is 33.5 Å². The molecule has 0 saturated carbocycles. The van der Waals surface area contributed by atoms with Gasteiger partial charge >= 0.3 is 17.9 Å². The zero-order valence-electron chi connectivity index (χ0n) is 35.2. The molecule has 0 spiro atoms. The molecule has 62 heavy (non-hydrogen) atoms. The molecular formula is C42H51N3O14S3. The van der Waals surface area contributed by atoms with Crippen molar-refractivity contribution in [2.75, 3.05) is 37.4 Å². The monoisotopic (exact) mass is 917 g/mol. The number of carbonyl (C=O) groups excluding carboxylic acids is 1. The minimum absolute atomic E-state index is 0.0182. The van der Waals surface area contributed by atoms with E-state index in [9.17, 15) is 53.8 Å². The molecule has 0 aromatic heterocycles. The number of carbonyl (C=O) groups is 3. The Bertz CT molecular complexity index is 2680. The smallest absolute Gasteiger partial charge is 0.324 e. The lowest BCUT2D eigenvalue weighted by Gasteiger charge is -2.32. The van der Waals surface area contributed by atoms with Gasteiger partial charge < -0.3 is 19.8 Å². The van der Waals surface area contributed by atoms with Gasteiger partial charge in [-0.1, -0.05) is 45.9 Å². The molecule has 1 aliphatic carbocycles. The normalized spacial score (nSPS) is 21.0. The van der Waals surface area contributed by atoms with E-state index in [2.05, 4.69) is 4.99 Å². The maximum absolute atomic E-state index is 13.6. The van der Waals surface area contributed by atoms with E-state index >= 15 is 0 Å². The summed E-state index contributed by atoms with van der Waals surface area (Å²) in [6, 6.07) is 8.56. The van der Waals surface area contributed by atoms with Crippen LogP contribution in [0.2, 0.25) is 0 Å². The zero-order chi connectivity index (χ0) is 46.2. The topological polar surface area (TPSA) is 263 Å². The highest BCUT2D eigenvalue weighted by molar-refractivity contribution is 7.89. The van der Waals surface area contributed by atoms with E-state index in [0.717, 1.165) is 4.31 Å². The maximum Gasteiger partial charge on any atom is 0.324 e. The molecule has 0 amide bonds. The number of benzene rings is 2. The van der Waals surface area contributed by atoms with Crippen molar-refractivity contribution in [3.63, 3.8) is 0 Å². The molecule has 0 radical (unpaired) electrons. The van der Waals surface area contributed by atoms with E-state index in [0.29, 0.717) is 45.1 Å². The number of rotatable bonds is 17. The number of aliphatic carboxylic acids is 2. The highest BCUT2D eigenvalue weighted by Gasteiger charge is 2.50. The molecule has 1 atom stereocenters. The summed E-state index contributed by atoms with van der Waals surface area (Å²) in [7, 11) is -11.5. The molecule has 2 aromatic carbocycles. The summed E-state index contributed by atoms with van der Waals surface area (Å²) >= 11 is 0. The van der Waals surface area contributed by atoms with Crippen molar-refractivity contribution >= 4 is 65.3 Å². The number of hydrogen-bond donors (Lipinski definition) is 4. The van der Waals surface area contributed by atoms with Crippen LogP contribution in [0.3, 0.4) is 0 Å². The fourth-order valence-electron chi connectivity index (χ4n) is 7.98. The molecule has 2 aromatic rings. The third-order valence-corrected chi connectivity index (χ3v) is 14.9. The SMILES string of the molecule is CCOC(=O)C1(C(=O)O)CC(/C=C/C2=Nc3ccc(S(=O)(=O)O)cc3C2(C)C)=CC(=C/C=C2/N(CCCS(=O)(=O)O)c3ccc(S(=O)(=O)N(C)CCCC(=O)O)cc3C2(C)C)/C1. The van der Waals surface area contributed by atoms with Gasteiger partial charge in [0.1, 0.15) is 0 Å². The standard InChI is InChI=1S/C42H51N3O14S3/c1-7-59-39(50)42(38(48)49)25-27(11-17-35-40(2,3)31-24-30(62(56,57)58)13-15-33(31)43-35)22-28(26-42)12-18-36-41(4,5)32-23-29(61(54,55)44(6)19-8-10-37(46)47)14-16-34(32)45(36)20-9-21-60(51,52)53/h11-18,22-24H,7-10,19-21,25-26H2,1-6H3,(H,46,47)(H,48,49)(H,51,52,53)(H,56,57,58)/b17-11+,28-12-,36-18+. The van der Waals surface area contributed by atoms with E-state index < -0.39 is 70.2 Å². The molecule has 2 heterocycles. The van der Waals surface area contributed by atoms with Crippen LogP contribution in [0.4, 0.5) is 11.4 Å². The summed E-state index contributed by atoms with van der Waals surface area (Å²) in [4.78, 5) is 43.8. The van der Waals surface area contributed by atoms with Crippen LogP contribution in [0.15, 0.2) is 98.4 Å². The van der Waals surface area contributed by atoms with Crippen LogP contribution in [-0.4, -0.2) is 105 Å². The molecule has 3 aliphatic rings. The first-order valence-electron chi connectivity index (χ1n) is 19.6. The summed E-state index contributed by atoms with van der Waals surface area (Å²) in [5.41, 5.74) is 0.200. The number of esters is 1. The molecule has 0 fully saturated rings. The van der Waals surface area contributed by atoms with Gasteiger partial charge in [0.25, 0.3) is 20.2 Å². The lowest BCUT2D eigenvalue weighted by atomic mass is 9.71. The van der Waals surface area contributed by atoms with Gasteiger partial charge in [0, 0.05) is 48.8 Å². The van der Waals surface area contributed by atoms with Crippen LogP contribution in [-0.2, 0) is 60.2 Å². The second-order valence-corrected chi connectivity index (χ2v) is 21.5. The Morgan fingerprint density at radius 3 is 2.15 bits per heavy atom. The van der Waals surface area contributed by atoms with Crippen LogP contribution in [0.5, 0.6) is 0 Å². The quantitative estimate of drug-likeness (QED) is 0.0858. The zero-order valence-corrected chi connectivity index (χ0v) is 37.6. The summed E-state index contributed by atoms with van der Waals surface area (Å²) < 4.78 is 100. The molecule has 336 valence electrons. The summed E-state index contributed by atoms with van der Waals surface area (Å²) in [5.74, 6) is -3.98. The van der Waals surface area contributed by atoms with Crippen molar-refractivity contribution in [1.82, 2.24) is 4.31 Å². The molecule has 0 saturated heterocycles. The number of nitrogens with zero attached hydrogens (tertiary/aromatic N) is 3. The number of fused-ring (bicyclic) bond motifs is 2. The minimum Gasteiger partial charge on any atom is -0.481 e. The van der Waals surface area contributed by atoms with Crippen molar-refractivity contribution in [3.8, 4) is 0 Å². The fourth-order valence-corrected chi connectivity index (χ4v) is 10.2. The predicted octanol–water partition coefficient (Wildman–Crippen LogP) is 5.58. The number of hydrogen-bond acceptors (Lipinski definition) is 12. The Balaban J connectivity index is 1.59. The fraction of sp³-hybridized carbons (Fsp3) is 0.429. The Morgan fingerprint density at radius 2 is 1.53 bits per heavy atom. The molecule has 5 rings (SSSR count). The molecule has 20 heteroatoms. The van der Waals surface area contributed by atoms with Gasteiger partial charge in [-0.3, -0.25) is 28.5 Å². The van der Waals surface area contributed by atoms with Crippen molar-refractivity contribution < 1.29 is 63.7 Å². The Hall–Kier alpha value is -4.99. The van der Waals surface area contributed by atoms with Gasteiger partial charge in [-0.2, -0.15) is 16.8 Å². The summed E-state index contributed by atoms with van der Waals surface area (Å²) in [5, 5.41) is 19.7. The lowest BCUT2D eigenvalue weighted by Crippen LogP contribution is -2.42. The minimum atomic E-state index is -4.49. The molecule has 17 nitrogen and oxygen atoms in total. The summed E-state index contributed by atoms with van der Waals surface area (Å²) in [6.07, 6.45) is 7.68. The number of aliphatic imine (C=N–C) groups is 1. The molecule has 1 unspecified atom stereocenters. The number of carboxylic acid groups (broad SMARTS) is 2. The molecule has 2 aliphatic heterocycles. The Labute approximate surface area is 361 Å². The van der Waals surface area contributed by atoms with Gasteiger partial charge in [-0.15, -0.1) is 0 Å². The van der Waals surface area contributed by atoms with Crippen LogP contribution in [0.1, 0.15) is 77.8 Å². The number of allylic oxidation sites excluding steroid dienone is 8. The number of ether oxygens (including phenoxy) is 1. The van der Waals surface area contributed by atoms with Crippen molar-refractivity contribution in [2.24, 2.45) is 10.4 Å². The van der Waals surface area contributed by atoms with E-state index in [4.69, 9.17) is 9.84 Å². The first-order chi connectivity index (χ1) is 28.6. The van der Waals surface area contributed by atoms with Crippen LogP contribution < -0.4 is 4.90 Å². The molecule has 4 N–H and O–H groups in total. The van der Waals surface area contributed by atoms with Gasteiger partial charge in [-0.25, -0.2) is 12.7 Å². The number of sulfonamides is 1. The van der Waals surface area contributed by atoms with Crippen molar-refractivity contribution in [2.45, 2.75) is 87.3 Å². The first-order valence-corrected chi connectivity index (χ1v) is 24.1. The van der Waals surface area contributed by atoms with Gasteiger partial charge in [0.15, 0.2) is 5.41 Å². The highest BCUT2D eigenvalue weighted by atomic mass is 32.2. The largest absolute Gasteiger partial charge is 0.481 e. The second kappa shape index (κ2) is 17.6. The third-order valence-electron chi connectivity index (χ3n) is 11.4. The van der Waals surface area contributed by atoms with Crippen LogP contribution in [0.25, 0.3) is 0 Å². The van der Waals surface area contributed by atoms with E-state index in [1.807, 2.05) is 27.7 Å². The van der Waals surface area contributed by atoms with Crippen LogP contribution >= 0.6 is 0 Å². The average Bonchev–Trinajstić information content (AvgIpc) is 3.55. The Morgan fingerprint density at radius 1 is 0.871 bits per heavy atom. The number of anilines is 1. The van der Waals surface area contributed by atoms with Crippen LogP contribution in [0, 0.1) is 5.41 Å². The highest BCUT2D eigenvalue weighted by Crippen LogP contribution is 2.49. The van der Waals surface area contributed by atoms with E-state index in [1.165, 1.54) is 37.4 Å². The van der Waals surface area contributed by atoms with Crippen molar-refractivity contribution in [1.29, 1.82) is 0 Å². The van der Waals surface area contributed by atoms with Gasteiger partial charge in [-0.05, 0) is 103 Å². The third kappa shape index (κ3) is 9.95. The second-order valence-electron chi connectivity index (χ2n) is 16.5. The lowest BCUT2D eigenvalue weighted by molar-refractivity contribution is -0.168. The van der Waals surface area contributed by atoms with Crippen molar-refractivity contribution in [3.05, 3.63) is 94.7 Å². The summed E-state index contributed by atoms with van der Waals surface area (Å²) in [6.45, 7) is 8.79. The van der Waals surface area contributed by atoms with E-state index in [-0.39, 0.29) is 61.6 Å². The number of carboxylic acids is 2. The first kappa shape index (κ1) is 48.0. The molecule has 0 bridgehead atoms. The predicted molar refractivity (Wildman–Crippen MR) is 230 cm³/mol. The van der Waals surface area contributed by atoms with Gasteiger partial charge in [0.2, 0.25) is 10.0 Å². The molecular weight excluding hydrogens is 867 g/mol. The Kier molecular flexibility index (Phi) is 13.7. The maximum atomic E-state index is 13.6.